The molecule has 0 aromatic carbocycles. The molecule has 2 rings (SSSR count). The standard InChI is InChI=1S/C10H17N3O2S2/c11-8-9-4-5-10(16-9)17(14,15)12-13-6-2-1-3-7-13/h4-5,12H,1-3,6-8,11H2. The number of nitrogens with one attached hydrogen (secondary N) is 1. The summed E-state index contributed by atoms with van der Waals surface area (Å²) in [6, 6.07) is 3.37. The highest BCUT2D eigenvalue weighted by atomic mass is 32.2. The van der Waals surface area contributed by atoms with Gasteiger partial charge in [-0.1, -0.05) is 6.42 Å². The Morgan fingerprint density at radius 3 is 2.59 bits per heavy atom. The first-order valence-electron chi connectivity index (χ1n) is 5.68. The molecule has 0 unspecified atom stereocenters. The Hall–Kier alpha value is -0.470. The first kappa shape index (κ1) is 13.0. The predicted octanol–water partition coefficient (Wildman–Crippen LogP) is 0.886. The molecule has 0 spiro atoms. The van der Waals surface area contributed by atoms with E-state index in [0.29, 0.717) is 10.8 Å². The number of hydrogen-bond acceptors (Lipinski definition) is 5. The van der Waals surface area contributed by atoms with Crippen LogP contribution in [0.15, 0.2) is 16.3 Å². The normalized spacial score (nSPS) is 18.4. The maximum Gasteiger partial charge on any atom is 0.262 e. The Balaban J connectivity index is 2.07. The van der Waals surface area contributed by atoms with Gasteiger partial charge in [-0.2, -0.15) is 0 Å². The number of hydrazine groups is 1. The Morgan fingerprint density at radius 1 is 1.29 bits per heavy atom. The third kappa shape index (κ3) is 3.26. The summed E-state index contributed by atoms with van der Waals surface area (Å²) in [7, 11) is -3.41. The van der Waals surface area contributed by atoms with Crippen molar-refractivity contribution in [3.8, 4) is 0 Å². The molecule has 7 heteroatoms. The number of sulfonamides is 1. The zero-order chi connectivity index (χ0) is 12.3. The van der Waals surface area contributed by atoms with Gasteiger partial charge >= 0.3 is 0 Å². The molecule has 1 aliphatic rings. The van der Waals surface area contributed by atoms with Gasteiger partial charge in [0.25, 0.3) is 10.0 Å². The first-order valence-corrected chi connectivity index (χ1v) is 7.98. The maximum absolute atomic E-state index is 12.0. The molecule has 3 N–H and O–H groups in total. The molecule has 17 heavy (non-hydrogen) atoms. The van der Waals surface area contributed by atoms with Gasteiger partial charge in [0.05, 0.1) is 0 Å². The third-order valence-electron chi connectivity index (χ3n) is 2.71. The highest BCUT2D eigenvalue weighted by molar-refractivity contribution is 7.91. The maximum atomic E-state index is 12.0. The summed E-state index contributed by atoms with van der Waals surface area (Å²) in [4.78, 5) is 3.50. The van der Waals surface area contributed by atoms with E-state index in [1.807, 2.05) is 0 Å². The van der Waals surface area contributed by atoms with E-state index in [0.717, 1.165) is 30.8 Å². The van der Waals surface area contributed by atoms with Crippen LogP contribution in [0.25, 0.3) is 0 Å². The number of hydrogen-bond donors (Lipinski definition) is 2. The van der Waals surface area contributed by atoms with Crippen molar-refractivity contribution in [3.63, 3.8) is 0 Å². The second kappa shape index (κ2) is 5.45. The fraction of sp³-hybridized carbons (Fsp3) is 0.600. The average molecular weight is 275 g/mol. The molecule has 0 atom stereocenters. The second-order valence-electron chi connectivity index (χ2n) is 4.07. The van der Waals surface area contributed by atoms with Crippen molar-refractivity contribution in [1.82, 2.24) is 9.84 Å². The molecule has 96 valence electrons. The molecule has 0 aliphatic carbocycles. The minimum atomic E-state index is -3.41. The van der Waals surface area contributed by atoms with E-state index in [1.54, 1.807) is 17.1 Å². The van der Waals surface area contributed by atoms with Gasteiger partial charge in [-0.25, -0.2) is 13.4 Å². The minimum Gasteiger partial charge on any atom is -0.326 e. The van der Waals surface area contributed by atoms with E-state index in [4.69, 9.17) is 5.73 Å². The first-order chi connectivity index (χ1) is 8.12. The van der Waals surface area contributed by atoms with Crippen LogP contribution in [-0.4, -0.2) is 26.5 Å². The quantitative estimate of drug-likeness (QED) is 0.855. The highest BCUT2D eigenvalue weighted by Crippen LogP contribution is 2.21. The summed E-state index contributed by atoms with van der Waals surface area (Å²) in [5.41, 5.74) is 5.48. The van der Waals surface area contributed by atoms with E-state index < -0.39 is 10.0 Å². The van der Waals surface area contributed by atoms with Crippen LogP contribution >= 0.6 is 11.3 Å². The molecule has 1 saturated heterocycles. The van der Waals surface area contributed by atoms with Gasteiger partial charge in [-0.05, 0) is 25.0 Å². The molecule has 0 bridgehead atoms. The molecule has 0 amide bonds. The van der Waals surface area contributed by atoms with E-state index in [-0.39, 0.29) is 0 Å². The minimum absolute atomic E-state index is 0.337. The van der Waals surface area contributed by atoms with Gasteiger partial charge in [0.2, 0.25) is 0 Å². The lowest BCUT2D eigenvalue weighted by Crippen LogP contribution is -2.44. The van der Waals surface area contributed by atoms with Crippen molar-refractivity contribution < 1.29 is 8.42 Å². The molecular weight excluding hydrogens is 258 g/mol. The number of nitrogens with two attached hydrogens (primary N) is 1. The summed E-state index contributed by atoms with van der Waals surface area (Å²) < 4.78 is 24.4. The molecular formula is C10H17N3O2S2. The summed E-state index contributed by atoms with van der Waals surface area (Å²) in [6.07, 6.45) is 3.26. The predicted molar refractivity (Wildman–Crippen MR) is 68.0 cm³/mol. The molecule has 0 radical (unpaired) electrons. The Labute approximate surface area is 106 Å². The SMILES string of the molecule is NCc1ccc(S(=O)(=O)NN2CCCCC2)s1. The number of piperidine rings is 1. The van der Waals surface area contributed by atoms with Crippen molar-refractivity contribution in [3.05, 3.63) is 17.0 Å². The number of nitrogens with zero attached hydrogens (tertiary/aromatic N) is 1. The summed E-state index contributed by atoms with van der Waals surface area (Å²) in [5, 5.41) is 1.78. The van der Waals surface area contributed by atoms with E-state index in [2.05, 4.69) is 4.83 Å². The van der Waals surface area contributed by atoms with Gasteiger partial charge in [0.1, 0.15) is 4.21 Å². The van der Waals surface area contributed by atoms with Crippen LogP contribution in [0.5, 0.6) is 0 Å². The van der Waals surface area contributed by atoms with E-state index in [9.17, 15) is 8.42 Å². The molecule has 5 nitrogen and oxygen atoms in total. The monoisotopic (exact) mass is 275 g/mol. The molecule has 1 fully saturated rings. The van der Waals surface area contributed by atoms with Crippen LogP contribution in [0.3, 0.4) is 0 Å². The zero-order valence-corrected chi connectivity index (χ0v) is 11.2. The number of rotatable bonds is 4. The van der Waals surface area contributed by atoms with Crippen molar-refractivity contribution in [2.75, 3.05) is 13.1 Å². The van der Waals surface area contributed by atoms with Crippen molar-refractivity contribution >= 4 is 21.4 Å². The highest BCUT2D eigenvalue weighted by Gasteiger charge is 2.21. The molecule has 1 aromatic heterocycles. The summed E-state index contributed by atoms with van der Waals surface area (Å²) in [6.45, 7) is 1.95. The fourth-order valence-corrected chi connectivity index (χ4v) is 4.16. The Bertz CT molecular complexity index is 464. The van der Waals surface area contributed by atoms with Crippen molar-refractivity contribution in [2.45, 2.75) is 30.0 Å². The van der Waals surface area contributed by atoms with Crippen LogP contribution in [0, 0.1) is 0 Å². The molecule has 1 aliphatic heterocycles. The molecule has 2 heterocycles. The second-order valence-corrected chi connectivity index (χ2v) is 7.12. The topological polar surface area (TPSA) is 75.4 Å². The average Bonchev–Trinajstić information content (AvgIpc) is 2.79. The summed E-state index contributed by atoms with van der Waals surface area (Å²) >= 11 is 1.23. The van der Waals surface area contributed by atoms with E-state index >= 15 is 0 Å². The third-order valence-corrected chi connectivity index (χ3v) is 5.68. The van der Waals surface area contributed by atoms with E-state index in [1.165, 1.54) is 17.8 Å². The van der Waals surface area contributed by atoms with Crippen molar-refractivity contribution in [1.29, 1.82) is 0 Å². The van der Waals surface area contributed by atoms with Crippen LogP contribution < -0.4 is 10.6 Å². The smallest absolute Gasteiger partial charge is 0.262 e. The lowest BCUT2D eigenvalue weighted by Gasteiger charge is -2.26. The number of thiophene rings is 1. The van der Waals surface area contributed by atoms with Gasteiger partial charge in [-0.15, -0.1) is 16.2 Å². The largest absolute Gasteiger partial charge is 0.326 e. The lowest BCUT2D eigenvalue weighted by molar-refractivity contribution is 0.200. The van der Waals surface area contributed by atoms with Gasteiger partial charge < -0.3 is 5.73 Å². The van der Waals surface area contributed by atoms with Crippen LogP contribution in [-0.2, 0) is 16.6 Å². The van der Waals surface area contributed by atoms with Gasteiger partial charge in [0.15, 0.2) is 0 Å². The Morgan fingerprint density at radius 2 is 2.00 bits per heavy atom. The Kier molecular flexibility index (Phi) is 4.16. The lowest BCUT2D eigenvalue weighted by atomic mass is 10.2. The van der Waals surface area contributed by atoms with Gasteiger partial charge in [-0.3, -0.25) is 0 Å². The van der Waals surface area contributed by atoms with Gasteiger partial charge in [0, 0.05) is 24.5 Å². The fourth-order valence-electron chi connectivity index (χ4n) is 1.81. The van der Waals surface area contributed by atoms with Crippen molar-refractivity contribution in [2.24, 2.45) is 5.73 Å². The zero-order valence-electron chi connectivity index (χ0n) is 9.55. The molecule has 1 aromatic rings. The molecule has 0 saturated carbocycles. The van der Waals surface area contributed by atoms with Crippen LogP contribution in [0.1, 0.15) is 24.1 Å². The van der Waals surface area contributed by atoms with Crippen LogP contribution in [0.2, 0.25) is 0 Å². The summed E-state index contributed by atoms with van der Waals surface area (Å²) in [5.74, 6) is 0. The van der Waals surface area contributed by atoms with Crippen LogP contribution in [0.4, 0.5) is 0 Å².